The summed E-state index contributed by atoms with van der Waals surface area (Å²) in [5.41, 5.74) is 0.403. The van der Waals surface area contributed by atoms with Crippen molar-refractivity contribution in [2.45, 2.75) is 78.7 Å². The zero-order valence-electron chi connectivity index (χ0n) is 14.5. The summed E-state index contributed by atoms with van der Waals surface area (Å²) in [6.07, 6.45) is 8.36. The van der Waals surface area contributed by atoms with Gasteiger partial charge in [-0.2, -0.15) is 0 Å². The van der Waals surface area contributed by atoms with Crippen LogP contribution in [0.3, 0.4) is 0 Å². The lowest BCUT2D eigenvalue weighted by molar-refractivity contribution is 0.148. The molecule has 4 heteroatoms. The van der Waals surface area contributed by atoms with Crippen LogP contribution < -0.4 is 5.32 Å². The smallest absolute Gasteiger partial charge is 0.150 e. The first-order valence-electron chi connectivity index (χ1n) is 8.79. The van der Waals surface area contributed by atoms with Crippen molar-refractivity contribution >= 4 is 9.84 Å². The molecular formula is C17H35NO2S. The first kappa shape index (κ1) is 19.0. The van der Waals surface area contributed by atoms with Gasteiger partial charge in [0.1, 0.15) is 9.84 Å². The van der Waals surface area contributed by atoms with Crippen LogP contribution in [0.1, 0.15) is 72.6 Å². The van der Waals surface area contributed by atoms with Gasteiger partial charge in [0.05, 0.1) is 5.75 Å². The van der Waals surface area contributed by atoms with Gasteiger partial charge in [-0.3, -0.25) is 0 Å². The van der Waals surface area contributed by atoms with Crippen molar-refractivity contribution < 1.29 is 8.42 Å². The average molecular weight is 318 g/mol. The van der Waals surface area contributed by atoms with Crippen molar-refractivity contribution in [1.82, 2.24) is 5.32 Å². The van der Waals surface area contributed by atoms with Gasteiger partial charge in [-0.15, -0.1) is 0 Å². The van der Waals surface area contributed by atoms with Crippen molar-refractivity contribution in [2.75, 3.05) is 18.1 Å². The van der Waals surface area contributed by atoms with E-state index in [1.165, 1.54) is 32.1 Å². The first-order chi connectivity index (χ1) is 9.85. The fraction of sp³-hybridized carbons (Fsp3) is 1.00. The van der Waals surface area contributed by atoms with Gasteiger partial charge < -0.3 is 5.32 Å². The van der Waals surface area contributed by atoms with Crippen molar-refractivity contribution in [3.05, 3.63) is 0 Å². The molecule has 3 nitrogen and oxygen atoms in total. The Bertz CT molecular complexity index is 384. The van der Waals surface area contributed by atoms with Crippen molar-refractivity contribution in [3.63, 3.8) is 0 Å². The largest absolute Gasteiger partial charge is 0.314 e. The third-order valence-electron chi connectivity index (χ3n) is 4.99. The van der Waals surface area contributed by atoms with Gasteiger partial charge in [-0.25, -0.2) is 8.42 Å². The van der Waals surface area contributed by atoms with Crippen LogP contribution in [0.4, 0.5) is 0 Å². The molecule has 0 bridgehead atoms. The molecule has 1 aliphatic carbocycles. The van der Waals surface area contributed by atoms with E-state index in [1.807, 2.05) is 0 Å². The van der Waals surface area contributed by atoms with Crippen LogP contribution in [-0.2, 0) is 9.84 Å². The van der Waals surface area contributed by atoms with Gasteiger partial charge >= 0.3 is 0 Å². The number of hydrogen-bond acceptors (Lipinski definition) is 3. The SMILES string of the molecule is CCNC(CCCS(=O)(=O)CC)C1(CC(C)C)CCCC1. The summed E-state index contributed by atoms with van der Waals surface area (Å²) in [4.78, 5) is 0. The van der Waals surface area contributed by atoms with Crippen LogP contribution in [0.2, 0.25) is 0 Å². The molecule has 1 fully saturated rings. The number of hydrogen-bond donors (Lipinski definition) is 1. The standard InChI is InChI=1S/C17H35NO2S/c1-5-18-16(10-9-13-21(19,20)6-2)17(14-15(3)4)11-7-8-12-17/h15-16,18H,5-14H2,1-4H3. The Kier molecular flexibility index (Phi) is 7.69. The summed E-state index contributed by atoms with van der Waals surface area (Å²) in [7, 11) is -2.82. The molecule has 126 valence electrons. The van der Waals surface area contributed by atoms with E-state index in [0.29, 0.717) is 23.1 Å². The van der Waals surface area contributed by atoms with Crippen LogP contribution in [-0.4, -0.2) is 32.5 Å². The van der Waals surface area contributed by atoms with E-state index in [1.54, 1.807) is 6.92 Å². The molecule has 0 spiro atoms. The third kappa shape index (κ3) is 5.90. The lowest BCUT2D eigenvalue weighted by Gasteiger charge is -2.40. The molecule has 0 amide bonds. The molecule has 1 N–H and O–H groups in total. The normalized spacial score (nSPS) is 20.0. The summed E-state index contributed by atoms with van der Waals surface area (Å²) in [5, 5.41) is 3.68. The van der Waals surface area contributed by atoms with Gasteiger partial charge in [0.25, 0.3) is 0 Å². The van der Waals surface area contributed by atoms with E-state index in [-0.39, 0.29) is 5.75 Å². The molecule has 1 atom stereocenters. The highest BCUT2D eigenvalue weighted by molar-refractivity contribution is 7.91. The van der Waals surface area contributed by atoms with Crippen molar-refractivity contribution in [1.29, 1.82) is 0 Å². The van der Waals surface area contributed by atoms with Gasteiger partial charge in [-0.1, -0.05) is 40.5 Å². The molecule has 21 heavy (non-hydrogen) atoms. The average Bonchev–Trinajstić information content (AvgIpc) is 2.86. The summed E-state index contributed by atoms with van der Waals surface area (Å²) in [6, 6.07) is 0.486. The molecule has 0 aromatic heterocycles. The summed E-state index contributed by atoms with van der Waals surface area (Å²) in [5.74, 6) is 1.34. The summed E-state index contributed by atoms with van der Waals surface area (Å²) in [6.45, 7) is 9.50. The van der Waals surface area contributed by atoms with Crippen LogP contribution in [0.15, 0.2) is 0 Å². The number of rotatable bonds is 10. The first-order valence-corrected chi connectivity index (χ1v) is 10.6. The van der Waals surface area contributed by atoms with E-state index < -0.39 is 9.84 Å². The molecular weight excluding hydrogens is 282 g/mol. The zero-order valence-corrected chi connectivity index (χ0v) is 15.3. The lowest BCUT2D eigenvalue weighted by atomic mass is 9.71. The monoisotopic (exact) mass is 317 g/mol. The van der Waals surface area contributed by atoms with Crippen molar-refractivity contribution in [2.24, 2.45) is 11.3 Å². The highest BCUT2D eigenvalue weighted by atomic mass is 32.2. The maximum atomic E-state index is 11.7. The predicted octanol–water partition coefficient (Wildman–Crippen LogP) is 3.79. The minimum Gasteiger partial charge on any atom is -0.314 e. The molecule has 1 rings (SSSR count). The maximum Gasteiger partial charge on any atom is 0.150 e. The second-order valence-electron chi connectivity index (χ2n) is 7.16. The molecule has 0 radical (unpaired) electrons. The van der Waals surface area contributed by atoms with E-state index in [0.717, 1.165) is 19.4 Å². The van der Waals surface area contributed by atoms with Gasteiger partial charge in [0.2, 0.25) is 0 Å². The Labute approximate surface area is 132 Å². The Balaban J connectivity index is 2.69. The second-order valence-corrected chi connectivity index (χ2v) is 9.63. The van der Waals surface area contributed by atoms with Crippen LogP contribution in [0.5, 0.6) is 0 Å². The minimum atomic E-state index is -2.82. The second kappa shape index (κ2) is 8.52. The van der Waals surface area contributed by atoms with E-state index in [9.17, 15) is 8.42 Å². The molecule has 1 saturated carbocycles. The molecule has 1 aliphatic rings. The van der Waals surface area contributed by atoms with E-state index >= 15 is 0 Å². The highest BCUT2D eigenvalue weighted by Crippen LogP contribution is 2.47. The quantitative estimate of drug-likeness (QED) is 0.667. The molecule has 1 unspecified atom stereocenters. The summed E-state index contributed by atoms with van der Waals surface area (Å²) >= 11 is 0. The number of sulfone groups is 1. The Morgan fingerprint density at radius 3 is 2.24 bits per heavy atom. The third-order valence-corrected chi connectivity index (χ3v) is 6.78. The van der Waals surface area contributed by atoms with Crippen LogP contribution >= 0.6 is 0 Å². The lowest BCUT2D eigenvalue weighted by Crippen LogP contribution is -2.45. The van der Waals surface area contributed by atoms with Crippen molar-refractivity contribution in [3.8, 4) is 0 Å². The Morgan fingerprint density at radius 1 is 1.14 bits per heavy atom. The zero-order chi connectivity index (χ0) is 15.9. The minimum absolute atomic E-state index is 0.274. The molecule has 0 aromatic rings. The molecule has 0 aromatic carbocycles. The van der Waals surface area contributed by atoms with Gasteiger partial charge in [-0.05, 0) is 50.0 Å². The Morgan fingerprint density at radius 2 is 1.76 bits per heavy atom. The topological polar surface area (TPSA) is 46.2 Å². The van der Waals surface area contributed by atoms with E-state index in [2.05, 4.69) is 26.1 Å². The fourth-order valence-corrected chi connectivity index (χ4v) is 5.01. The van der Waals surface area contributed by atoms with Crippen LogP contribution in [0.25, 0.3) is 0 Å². The summed E-state index contributed by atoms with van der Waals surface area (Å²) < 4.78 is 23.4. The fourth-order valence-electron chi connectivity index (χ4n) is 4.11. The molecule has 0 aliphatic heterocycles. The predicted molar refractivity (Wildman–Crippen MR) is 91.4 cm³/mol. The molecule has 0 saturated heterocycles. The van der Waals surface area contributed by atoms with Gasteiger partial charge in [0.15, 0.2) is 0 Å². The van der Waals surface area contributed by atoms with Crippen LogP contribution in [0, 0.1) is 11.3 Å². The Hall–Kier alpha value is -0.0900. The number of nitrogens with one attached hydrogen (secondary N) is 1. The van der Waals surface area contributed by atoms with Gasteiger partial charge in [0, 0.05) is 11.8 Å². The van der Waals surface area contributed by atoms with E-state index in [4.69, 9.17) is 0 Å². The highest BCUT2D eigenvalue weighted by Gasteiger charge is 2.40. The maximum absolute atomic E-state index is 11.7. The molecule has 0 heterocycles.